The van der Waals surface area contributed by atoms with Gasteiger partial charge in [0.05, 0.1) is 18.1 Å². The summed E-state index contributed by atoms with van der Waals surface area (Å²) < 4.78 is 28.2. The predicted octanol–water partition coefficient (Wildman–Crippen LogP) is 0.809. The van der Waals surface area contributed by atoms with Crippen molar-refractivity contribution in [2.75, 3.05) is 37.9 Å². The first-order chi connectivity index (χ1) is 9.88. The molecule has 1 aromatic rings. The first kappa shape index (κ1) is 17.3. The molecule has 0 spiro atoms. The van der Waals surface area contributed by atoms with Crippen LogP contribution in [0.1, 0.15) is 6.42 Å². The quantitative estimate of drug-likeness (QED) is 0.393. The minimum Gasteiger partial charge on any atom is -0.394 e. The summed E-state index contributed by atoms with van der Waals surface area (Å²) in [5, 5.41) is 22.5. The topological polar surface area (TPSA) is 119 Å². The molecule has 0 aliphatic rings. The van der Waals surface area contributed by atoms with Gasteiger partial charge in [-0.3, -0.25) is 10.1 Å². The van der Waals surface area contributed by atoms with Gasteiger partial charge in [0, 0.05) is 19.4 Å². The smallest absolute Gasteiger partial charge is 0.310 e. The van der Waals surface area contributed by atoms with Crippen LogP contribution in [-0.4, -0.2) is 51.1 Å². The van der Waals surface area contributed by atoms with Crippen LogP contribution in [0.25, 0.3) is 0 Å². The van der Waals surface area contributed by atoms with E-state index in [1.165, 1.54) is 18.2 Å². The molecule has 118 valence electrons. The average molecular weight is 318 g/mol. The van der Waals surface area contributed by atoms with Crippen molar-refractivity contribution in [1.82, 2.24) is 0 Å². The maximum Gasteiger partial charge on any atom is 0.310 e. The fourth-order valence-corrected chi connectivity index (χ4v) is 2.58. The SMILES string of the molecule is CS(=O)(=O)c1cccc(NCCCOCCO)c1[N+](=O)[O-]. The lowest BCUT2D eigenvalue weighted by Crippen LogP contribution is -2.10. The summed E-state index contributed by atoms with van der Waals surface area (Å²) >= 11 is 0. The van der Waals surface area contributed by atoms with Crippen LogP contribution >= 0.6 is 0 Å². The number of para-hydroxylation sites is 1. The second kappa shape index (κ2) is 7.91. The van der Waals surface area contributed by atoms with Crippen molar-refractivity contribution in [2.45, 2.75) is 11.3 Å². The lowest BCUT2D eigenvalue weighted by atomic mass is 10.2. The molecule has 0 amide bonds. The summed E-state index contributed by atoms with van der Waals surface area (Å²) in [5.41, 5.74) is -0.290. The van der Waals surface area contributed by atoms with Crippen LogP contribution in [0.3, 0.4) is 0 Å². The number of aliphatic hydroxyl groups is 1. The number of nitro groups is 1. The van der Waals surface area contributed by atoms with E-state index in [2.05, 4.69) is 5.32 Å². The monoisotopic (exact) mass is 318 g/mol. The fourth-order valence-electron chi connectivity index (χ4n) is 1.72. The summed E-state index contributed by atoms with van der Waals surface area (Å²) in [7, 11) is -3.68. The van der Waals surface area contributed by atoms with Crippen LogP contribution in [0.5, 0.6) is 0 Å². The van der Waals surface area contributed by atoms with E-state index in [9.17, 15) is 18.5 Å². The number of nitrogens with one attached hydrogen (secondary N) is 1. The highest BCUT2D eigenvalue weighted by atomic mass is 32.2. The van der Waals surface area contributed by atoms with Gasteiger partial charge in [-0.2, -0.15) is 0 Å². The molecule has 0 saturated heterocycles. The van der Waals surface area contributed by atoms with Gasteiger partial charge in [-0.15, -0.1) is 0 Å². The zero-order valence-electron chi connectivity index (χ0n) is 11.6. The number of nitrogens with zero attached hydrogens (tertiary/aromatic N) is 1. The maximum absolute atomic E-state index is 11.6. The summed E-state index contributed by atoms with van der Waals surface area (Å²) in [5.74, 6) is 0. The van der Waals surface area contributed by atoms with Crippen LogP contribution < -0.4 is 5.32 Å². The molecule has 0 unspecified atom stereocenters. The van der Waals surface area contributed by atoms with E-state index < -0.39 is 20.4 Å². The molecule has 0 heterocycles. The minimum atomic E-state index is -3.68. The summed E-state index contributed by atoms with van der Waals surface area (Å²) in [4.78, 5) is 10.1. The molecule has 0 atom stereocenters. The number of ether oxygens (including phenoxy) is 1. The van der Waals surface area contributed by atoms with Crippen molar-refractivity contribution < 1.29 is 23.2 Å². The Morgan fingerprint density at radius 3 is 2.67 bits per heavy atom. The second-order valence-electron chi connectivity index (χ2n) is 4.30. The van der Waals surface area contributed by atoms with Crippen LogP contribution in [0.15, 0.2) is 23.1 Å². The molecule has 1 aromatic carbocycles. The van der Waals surface area contributed by atoms with Crippen LogP contribution in [0.4, 0.5) is 11.4 Å². The molecule has 8 nitrogen and oxygen atoms in total. The van der Waals surface area contributed by atoms with Gasteiger partial charge in [0.15, 0.2) is 9.84 Å². The largest absolute Gasteiger partial charge is 0.394 e. The molecule has 0 aromatic heterocycles. The van der Waals surface area contributed by atoms with E-state index in [-0.39, 0.29) is 23.8 Å². The molecule has 1 rings (SSSR count). The third kappa shape index (κ3) is 5.29. The Labute approximate surface area is 122 Å². The zero-order chi connectivity index (χ0) is 15.9. The first-order valence-electron chi connectivity index (χ1n) is 6.28. The van der Waals surface area contributed by atoms with E-state index in [1.54, 1.807) is 0 Å². The number of hydrogen-bond acceptors (Lipinski definition) is 7. The zero-order valence-corrected chi connectivity index (χ0v) is 12.4. The van der Waals surface area contributed by atoms with E-state index in [0.717, 1.165) is 6.26 Å². The molecule has 0 fully saturated rings. The highest BCUT2D eigenvalue weighted by molar-refractivity contribution is 7.90. The number of sulfone groups is 1. The molecule has 0 radical (unpaired) electrons. The predicted molar refractivity (Wildman–Crippen MR) is 77.2 cm³/mol. The molecule has 21 heavy (non-hydrogen) atoms. The van der Waals surface area contributed by atoms with E-state index in [0.29, 0.717) is 19.6 Å². The highest BCUT2D eigenvalue weighted by Crippen LogP contribution is 2.31. The first-order valence-corrected chi connectivity index (χ1v) is 8.17. The molecule has 0 aliphatic heterocycles. The van der Waals surface area contributed by atoms with Crippen molar-refractivity contribution in [1.29, 1.82) is 0 Å². The van der Waals surface area contributed by atoms with Crippen LogP contribution in [0.2, 0.25) is 0 Å². The Balaban J connectivity index is 2.81. The van der Waals surface area contributed by atoms with Gasteiger partial charge in [-0.05, 0) is 18.6 Å². The molecular weight excluding hydrogens is 300 g/mol. The lowest BCUT2D eigenvalue weighted by Gasteiger charge is -2.09. The number of aliphatic hydroxyl groups excluding tert-OH is 1. The Morgan fingerprint density at radius 2 is 2.10 bits per heavy atom. The van der Waals surface area contributed by atoms with E-state index in [4.69, 9.17) is 9.84 Å². The molecular formula is C12H18N2O6S. The highest BCUT2D eigenvalue weighted by Gasteiger charge is 2.25. The summed E-state index contributed by atoms with van der Waals surface area (Å²) in [6.07, 6.45) is 1.50. The van der Waals surface area contributed by atoms with Gasteiger partial charge in [0.2, 0.25) is 0 Å². The fraction of sp³-hybridized carbons (Fsp3) is 0.500. The third-order valence-electron chi connectivity index (χ3n) is 2.60. The Bertz CT molecular complexity index is 587. The van der Waals surface area contributed by atoms with Gasteiger partial charge in [-0.25, -0.2) is 8.42 Å². The van der Waals surface area contributed by atoms with Crippen molar-refractivity contribution in [3.63, 3.8) is 0 Å². The van der Waals surface area contributed by atoms with Crippen molar-refractivity contribution >= 4 is 21.2 Å². The number of nitro benzene ring substituents is 1. The Morgan fingerprint density at radius 1 is 1.38 bits per heavy atom. The second-order valence-corrected chi connectivity index (χ2v) is 6.28. The van der Waals surface area contributed by atoms with E-state index in [1.807, 2.05) is 0 Å². The molecule has 0 saturated carbocycles. The maximum atomic E-state index is 11.6. The van der Waals surface area contributed by atoms with Gasteiger partial charge in [0.25, 0.3) is 0 Å². The lowest BCUT2D eigenvalue weighted by molar-refractivity contribution is -0.386. The van der Waals surface area contributed by atoms with Crippen LogP contribution in [0, 0.1) is 10.1 Å². The molecule has 0 bridgehead atoms. The average Bonchev–Trinajstić information content (AvgIpc) is 2.41. The minimum absolute atomic E-state index is 0.0602. The Kier molecular flexibility index (Phi) is 6.53. The molecule has 2 N–H and O–H groups in total. The van der Waals surface area contributed by atoms with Crippen molar-refractivity contribution in [3.8, 4) is 0 Å². The van der Waals surface area contributed by atoms with Gasteiger partial charge in [0.1, 0.15) is 10.6 Å². The number of rotatable bonds is 9. The number of benzene rings is 1. The van der Waals surface area contributed by atoms with Gasteiger partial charge < -0.3 is 15.2 Å². The standard InChI is InChI=1S/C12H18N2O6S/c1-21(18,19)11-5-2-4-10(12(11)14(16)17)13-6-3-8-20-9-7-15/h2,4-5,13,15H,3,6-9H2,1H3. The van der Waals surface area contributed by atoms with E-state index >= 15 is 0 Å². The summed E-state index contributed by atoms with van der Waals surface area (Å²) in [6.45, 7) is 0.964. The van der Waals surface area contributed by atoms with Crippen molar-refractivity contribution in [3.05, 3.63) is 28.3 Å². The van der Waals surface area contributed by atoms with Gasteiger partial charge in [-0.1, -0.05) is 6.07 Å². The number of hydrogen-bond donors (Lipinski definition) is 2. The third-order valence-corrected chi connectivity index (χ3v) is 3.73. The molecule has 9 heteroatoms. The normalized spacial score (nSPS) is 11.3. The van der Waals surface area contributed by atoms with Gasteiger partial charge >= 0.3 is 5.69 Å². The van der Waals surface area contributed by atoms with Crippen LogP contribution in [-0.2, 0) is 14.6 Å². The summed E-state index contributed by atoms with van der Waals surface area (Å²) in [6, 6.07) is 4.12. The van der Waals surface area contributed by atoms with Crippen molar-refractivity contribution in [2.24, 2.45) is 0 Å². The number of anilines is 1. The Hall–Kier alpha value is -1.71. The molecule has 0 aliphatic carbocycles.